The van der Waals surface area contributed by atoms with E-state index in [-0.39, 0.29) is 24.5 Å². The molecule has 10 unspecified atom stereocenters. The first kappa shape index (κ1) is 30.9. The van der Waals surface area contributed by atoms with E-state index < -0.39 is 79.8 Å². The van der Waals surface area contributed by atoms with Crippen LogP contribution in [0.25, 0.3) is 0 Å². The van der Waals surface area contributed by atoms with Crippen LogP contribution in [-0.2, 0) is 39.7 Å². The normalized spacial score (nSPS) is 34.8. The molecule has 0 radical (unpaired) electrons. The maximum atomic E-state index is 13.0. The zero-order valence-corrected chi connectivity index (χ0v) is 21.7. The molecule has 15 nitrogen and oxygen atoms in total. The zero-order valence-electron chi connectivity index (χ0n) is 21.7. The second-order valence-electron chi connectivity index (χ2n) is 9.25. The number of carbonyl (C=O) groups is 2. The van der Waals surface area contributed by atoms with Crippen LogP contribution in [-0.4, -0.2) is 131 Å². The molecule has 2 saturated heterocycles. The third kappa shape index (κ3) is 7.13. The Morgan fingerprint density at radius 3 is 2.26 bits per heavy atom. The molecule has 10 atom stereocenters. The van der Waals surface area contributed by atoms with Gasteiger partial charge in [-0.3, -0.25) is 9.59 Å². The summed E-state index contributed by atoms with van der Waals surface area (Å²) in [6, 6.07) is 3.11. The molecule has 15 heteroatoms. The first-order valence-electron chi connectivity index (χ1n) is 12.2. The van der Waals surface area contributed by atoms with Crippen LogP contribution in [0.4, 0.5) is 0 Å². The number of aromatic hydroxyl groups is 2. The van der Waals surface area contributed by atoms with E-state index in [2.05, 4.69) is 10.6 Å². The number of ether oxygens (including phenoxy) is 5. The first-order valence-corrected chi connectivity index (χ1v) is 12.2. The number of aliphatic hydroxyl groups is 4. The van der Waals surface area contributed by atoms with Crippen LogP contribution >= 0.6 is 0 Å². The second kappa shape index (κ2) is 13.6. The molecule has 0 saturated carbocycles. The lowest BCUT2D eigenvalue weighted by atomic mass is 9.95. The monoisotopic (exact) mass is 560 g/mol. The minimum atomic E-state index is -1.74. The topological polar surface area (TPSA) is 226 Å². The molecular formula is C24H36N2O13. The molecule has 0 spiro atoms. The van der Waals surface area contributed by atoms with Crippen LogP contribution in [0.2, 0.25) is 0 Å². The highest BCUT2D eigenvalue weighted by molar-refractivity contribution is 5.81. The van der Waals surface area contributed by atoms with Crippen LogP contribution in [0, 0.1) is 0 Å². The van der Waals surface area contributed by atoms with E-state index in [0.717, 1.165) is 0 Å². The lowest BCUT2D eigenvalue weighted by Crippen LogP contribution is -2.68. The second-order valence-corrected chi connectivity index (χ2v) is 9.25. The highest BCUT2D eigenvalue weighted by Crippen LogP contribution is 2.30. The molecule has 1 aromatic rings. The van der Waals surface area contributed by atoms with Crippen molar-refractivity contribution in [1.82, 2.24) is 10.6 Å². The summed E-state index contributed by atoms with van der Waals surface area (Å²) in [6.07, 6.45) is -12.8. The molecule has 3 rings (SSSR count). The molecule has 2 aliphatic heterocycles. The molecule has 1 aromatic carbocycles. The van der Waals surface area contributed by atoms with Gasteiger partial charge in [-0.2, -0.15) is 0 Å². The van der Waals surface area contributed by atoms with Crippen molar-refractivity contribution in [2.75, 3.05) is 27.4 Å². The van der Waals surface area contributed by atoms with Crippen molar-refractivity contribution in [1.29, 1.82) is 0 Å². The summed E-state index contributed by atoms with van der Waals surface area (Å²) in [7, 11) is 2.50. The number of phenolic OH excluding ortho intramolecular Hbond substituents is 2. The van der Waals surface area contributed by atoms with Crippen molar-refractivity contribution in [3.8, 4) is 11.5 Å². The summed E-state index contributed by atoms with van der Waals surface area (Å²) in [5.74, 6) is -1.81. The van der Waals surface area contributed by atoms with E-state index in [1.165, 1.54) is 33.3 Å². The predicted molar refractivity (Wildman–Crippen MR) is 129 cm³/mol. The molecule has 0 aromatic heterocycles. The molecule has 0 bridgehead atoms. The number of aliphatic hydroxyl groups excluding tert-OH is 4. The Bertz CT molecular complexity index is 981. The average molecular weight is 561 g/mol. The minimum absolute atomic E-state index is 0.0838. The van der Waals surface area contributed by atoms with Crippen molar-refractivity contribution in [2.24, 2.45) is 0 Å². The average Bonchev–Trinajstić information content (AvgIpc) is 2.90. The van der Waals surface area contributed by atoms with Gasteiger partial charge < -0.3 is 65.0 Å². The molecule has 2 amide bonds. The van der Waals surface area contributed by atoms with Gasteiger partial charge in [0.05, 0.1) is 6.61 Å². The van der Waals surface area contributed by atoms with Gasteiger partial charge in [0, 0.05) is 27.7 Å². The van der Waals surface area contributed by atoms with Crippen molar-refractivity contribution < 1.29 is 63.9 Å². The number of benzene rings is 1. The van der Waals surface area contributed by atoms with Crippen molar-refractivity contribution >= 4 is 11.8 Å². The fraction of sp³-hybridized carbons (Fsp3) is 0.667. The SMILES string of the molecule is COC1OC(CO)C(O)C(OC2OC(C(=O)NCCc3ccc(O)c(O)c3)C(OC)C(O)C2O)C1NC(C)=O. The summed E-state index contributed by atoms with van der Waals surface area (Å²) in [5.41, 5.74) is 0.624. The quantitative estimate of drug-likeness (QED) is 0.132. The fourth-order valence-electron chi connectivity index (χ4n) is 4.55. The van der Waals surface area contributed by atoms with Gasteiger partial charge in [-0.1, -0.05) is 6.07 Å². The summed E-state index contributed by atoms with van der Waals surface area (Å²) in [6.45, 7) is 0.674. The van der Waals surface area contributed by atoms with Gasteiger partial charge in [-0.15, -0.1) is 0 Å². The summed E-state index contributed by atoms with van der Waals surface area (Å²) in [4.78, 5) is 24.8. The Labute approximate surface area is 224 Å². The van der Waals surface area contributed by atoms with Gasteiger partial charge in [-0.25, -0.2) is 0 Å². The Balaban J connectivity index is 1.75. The number of nitrogens with one attached hydrogen (secondary N) is 2. The van der Waals surface area contributed by atoms with E-state index in [1.54, 1.807) is 6.07 Å². The number of phenols is 2. The highest BCUT2D eigenvalue weighted by Gasteiger charge is 2.53. The Morgan fingerprint density at radius 2 is 1.67 bits per heavy atom. The summed E-state index contributed by atoms with van der Waals surface area (Å²) >= 11 is 0. The Morgan fingerprint density at radius 1 is 0.949 bits per heavy atom. The summed E-state index contributed by atoms with van der Waals surface area (Å²) < 4.78 is 27.5. The van der Waals surface area contributed by atoms with E-state index in [9.17, 15) is 40.2 Å². The van der Waals surface area contributed by atoms with E-state index in [1.807, 2.05) is 0 Å². The molecule has 0 aliphatic carbocycles. The Hall–Kier alpha value is -2.60. The van der Waals surface area contributed by atoms with Gasteiger partial charge in [0.1, 0.15) is 42.7 Å². The molecule has 39 heavy (non-hydrogen) atoms. The van der Waals surface area contributed by atoms with Gasteiger partial charge in [-0.05, 0) is 24.1 Å². The predicted octanol–water partition coefficient (Wildman–Crippen LogP) is -3.17. The molecule has 2 aliphatic rings. The van der Waals surface area contributed by atoms with Gasteiger partial charge in [0.2, 0.25) is 5.91 Å². The van der Waals surface area contributed by atoms with Crippen molar-refractivity contribution in [3.05, 3.63) is 23.8 Å². The molecule has 2 heterocycles. The van der Waals surface area contributed by atoms with E-state index in [4.69, 9.17) is 23.7 Å². The first-order chi connectivity index (χ1) is 18.5. The molecular weight excluding hydrogens is 524 g/mol. The smallest absolute Gasteiger partial charge is 0.252 e. The highest BCUT2D eigenvalue weighted by atomic mass is 16.7. The molecule has 8 N–H and O–H groups in total. The standard InChI is InChI=1S/C24H36N2O13/c1-10(28)26-15-19(16(31)14(9-27)37-23(15)36-3)38-24-18(33)17(32)20(35-2)21(39-24)22(34)25-7-6-11-4-5-12(29)13(30)8-11/h4-5,8,14-21,23-24,27,29-33H,6-7,9H2,1-3H3,(H,25,34)(H,26,28). The van der Waals surface area contributed by atoms with Crippen LogP contribution in [0.1, 0.15) is 12.5 Å². The number of methoxy groups -OCH3 is 2. The van der Waals surface area contributed by atoms with Crippen molar-refractivity contribution in [3.63, 3.8) is 0 Å². The molecule has 220 valence electrons. The van der Waals surface area contributed by atoms with Crippen LogP contribution in [0.3, 0.4) is 0 Å². The maximum Gasteiger partial charge on any atom is 0.252 e. The largest absolute Gasteiger partial charge is 0.504 e. The number of hydrogen-bond acceptors (Lipinski definition) is 13. The lowest BCUT2D eigenvalue weighted by Gasteiger charge is -2.47. The van der Waals surface area contributed by atoms with Crippen LogP contribution < -0.4 is 10.6 Å². The third-order valence-corrected chi connectivity index (χ3v) is 6.57. The number of amides is 2. The number of rotatable bonds is 10. The van der Waals surface area contributed by atoms with Gasteiger partial charge in [0.15, 0.2) is 30.2 Å². The van der Waals surface area contributed by atoms with Crippen LogP contribution in [0.15, 0.2) is 18.2 Å². The van der Waals surface area contributed by atoms with Crippen LogP contribution in [0.5, 0.6) is 11.5 Å². The third-order valence-electron chi connectivity index (χ3n) is 6.57. The molecule has 2 fully saturated rings. The maximum absolute atomic E-state index is 13.0. The van der Waals surface area contributed by atoms with E-state index >= 15 is 0 Å². The van der Waals surface area contributed by atoms with Crippen molar-refractivity contribution in [2.45, 2.75) is 74.7 Å². The number of hydrogen-bond donors (Lipinski definition) is 8. The fourth-order valence-corrected chi connectivity index (χ4v) is 4.55. The van der Waals surface area contributed by atoms with Gasteiger partial charge in [0.25, 0.3) is 5.91 Å². The van der Waals surface area contributed by atoms with E-state index in [0.29, 0.717) is 5.56 Å². The Kier molecular flexibility index (Phi) is 10.8. The number of carbonyl (C=O) groups excluding carboxylic acids is 2. The zero-order chi connectivity index (χ0) is 28.9. The van der Waals surface area contributed by atoms with Gasteiger partial charge >= 0.3 is 0 Å². The summed E-state index contributed by atoms with van der Waals surface area (Å²) in [5, 5.41) is 66.1. The lowest BCUT2D eigenvalue weighted by molar-refractivity contribution is -0.338. The minimum Gasteiger partial charge on any atom is -0.504 e.